The van der Waals surface area contributed by atoms with Crippen LogP contribution in [0.4, 0.5) is 5.13 Å². The van der Waals surface area contributed by atoms with E-state index in [2.05, 4.69) is 20.7 Å². The maximum absolute atomic E-state index is 4.94. The summed E-state index contributed by atoms with van der Waals surface area (Å²) < 4.78 is 4.94. The zero-order valence-electron chi connectivity index (χ0n) is 7.94. The molecule has 2 rings (SSSR count). The van der Waals surface area contributed by atoms with Crippen molar-refractivity contribution < 1.29 is 4.52 Å². The molecular formula is C8H10N4OS. The Bertz CT molecular complexity index is 382. The summed E-state index contributed by atoms with van der Waals surface area (Å²) in [5.41, 5.74) is 0.871. The van der Waals surface area contributed by atoms with E-state index in [0.717, 1.165) is 21.6 Å². The lowest BCUT2D eigenvalue weighted by Gasteiger charge is -1.95. The molecule has 0 aliphatic rings. The maximum atomic E-state index is 4.94. The topological polar surface area (TPSA) is 63.8 Å². The van der Waals surface area contributed by atoms with Gasteiger partial charge in [-0.3, -0.25) is 0 Å². The SMILES string of the molecule is Cc1cc(CNc2nnc(C)s2)no1. The molecule has 0 spiro atoms. The number of nitrogens with zero attached hydrogens (tertiary/aromatic N) is 3. The fraction of sp³-hybridized carbons (Fsp3) is 0.375. The Balaban J connectivity index is 1.94. The third kappa shape index (κ3) is 2.08. The zero-order chi connectivity index (χ0) is 9.97. The van der Waals surface area contributed by atoms with E-state index >= 15 is 0 Å². The van der Waals surface area contributed by atoms with Crippen molar-refractivity contribution in [3.8, 4) is 0 Å². The predicted octanol–water partition coefficient (Wildman–Crippen LogP) is 1.76. The van der Waals surface area contributed by atoms with Gasteiger partial charge < -0.3 is 9.84 Å². The molecule has 2 aromatic rings. The van der Waals surface area contributed by atoms with Crippen molar-refractivity contribution in [1.29, 1.82) is 0 Å². The molecule has 5 nitrogen and oxygen atoms in total. The number of rotatable bonds is 3. The third-order valence-corrected chi connectivity index (χ3v) is 2.42. The Morgan fingerprint density at radius 1 is 1.43 bits per heavy atom. The normalized spacial score (nSPS) is 10.4. The number of aryl methyl sites for hydroxylation is 2. The van der Waals surface area contributed by atoms with Crippen molar-refractivity contribution >= 4 is 16.5 Å². The van der Waals surface area contributed by atoms with E-state index in [4.69, 9.17) is 4.52 Å². The molecule has 0 aliphatic heterocycles. The van der Waals surface area contributed by atoms with Gasteiger partial charge in [0.05, 0.1) is 6.54 Å². The molecule has 0 unspecified atom stereocenters. The molecule has 74 valence electrons. The Morgan fingerprint density at radius 2 is 2.29 bits per heavy atom. The molecule has 0 bridgehead atoms. The molecule has 2 aromatic heterocycles. The first kappa shape index (κ1) is 9.14. The first-order chi connectivity index (χ1) is 6.74. The van der Waals surface area contributed by atoms with Crippen LogP contribution in [0.5, 0.6) is 0 Å². The maximum Gasteiger partial charge on any atom is 0.205 e. The van der Waals surface area contributed by atoms with Crippen LogP contribution in [0.2, 0.25) is 0 Å². The van der Waals surface area contributed by atoms with E-state index in [1.807, 2.05) is 19.9 Å². The Kier molecular flexibility index (Phi) is 2.45. The first-order valence-electron chi connectivity index (χ1n) is 4.20. The molecule has 2 heterocycles. The monoisotopic (exact) mass is 210 g/mol. The summed E-state index contributed by atoms with van der Waals surface area (Å²) in [4.78, 5) is 0. The van der Waals surface area contributed by atoms with Crippen LogP contribution in [0.1, 0.15) is 16.5 Å². The number of nitrogens with one attached hydrogen (secondary N) is 1. The van der Waals surface area contributed by atoms with E-state index in [1.165, 1.54) is 11.3 Å². The standard InChI is InChI=1S/C8H10N4OS/c1-5-3-7(12-13-5)4-9-8-11-10-6(2)14-8/h3H,4H2,1-2H3,(H,9,11). The molecule has 14 heavy (non-hydrogen) atoms. The van der Waals surface area contributed by atoms with Crippen LogP contribution in [0.25, 0.3) is 0 Å². The molecule has 1 N–H and O–H groups in total. The highest BCUT2D eigenvalue weighted by Gasteiger charge is 2.02. The van der Waals surface area contributed by atoms with Gasteiger partial charge in [-0.25, -0.2) is 0 Å². The highest BCUT2D eigenvalue weighted by molar-refractivity contribution is 7.15. The Morgan fingerprint density at radius 3 is 2.86 bits per heavy atom. The van der Waals surface area contributed by atoms with Gasteiger partial charge in [-0.2, -0.15) is 0 Å². The van der Waals surface area contributed by atoms with Gasteiger partial charge in [0.1, 0.15) is 16.5 Å². The molecular weight excluding hydrogens is 200 g/mol. The van der Waals surface area contributed by atoms with E-state index in [9.17, 15) is 0 Å². The van der Waals surface area contributed by atoms with Gasteiger partial charge in [0, 0.05) is 6.07 Å². The van der Waals surface area contributed by atoms with Crippen LogP contribution in [-0.2, 0) is 6.54 Å². The van der Waals surface area contributed by atoms with Gasteiger partial charge in [0.2, 0.25) is 5.13 Å². The second-order valence-electron chi connectivity index (χ2n) is 2.91. The van der Waals surface area contributed by atoms with Crippen molar-refractivity contribution in [1.82, 2.24) is 15.4 Å². The smallest absolute Gasteiger partial charge is 0.205 e. The minimum Gasteiger partial charge on any atom is -0.361 e. The summed E-state index contributed by atoms with van der Waals surface area (Å²) >= 11 is 1.52. The highest BCUT2D eigenvalue weighted by atomic mass is 32.1. The molecule has 0 aromatic carbocycles. The molecule has 0 aliphatic carbocycles. The van der Waals surface area contributed by atoms with Crippen molar-refractivity contribution in [2.24, 2.45) is 0 Å². The van der Waals surface area contributed by atoms with Crippen LogP contribution in [0.15, 0.2) is 10.6 Å². The number of hydrogen-bond acceptors (Lipinski definition) is 6. The van der Waals surface area contributed by atoms with Crippen molar-refractivity contribution in [2.75, 3.05) is 5.32 Å². The minimum atomic E-state index is 0.617. The van der Waals surface area contributed by atoms with Crippen LogP contribution in [0.3, 0.4) is 0 Å². The summed E-state index contributed by atoms with van der Waals surface area (Å²) in [6, 6.07) is 1.89. The molecule has 0 amide bonds. The summed E-state index contributed by atoms with van der Waals surface area (Å²) in [7, 11) is 0. The molecule has 0 fully saturated rings. The van der Waals surface area contributed by atoms with Crippen LogP contribution < -0.4 is 5.32 Å². The summed E-state index contributed by atoms with van der Waals surface area (Å²) in [6.45, 7) is 4.40. The average molecular weight is 210 g/mol. The lowest BCUT2D eigenvalue weighted by molar-refractivity contribution is 0.391. The van der Waals surface area contributed by atoms with Crippen LogP contribution >= 0.6 is 11.3 Å². The lowest BCUT2D eigenvalue weighted by Crippen LogP contribution is -1.98. The quantitative estimate of drug-likeness (QED) is 0.836. The van der Waals surface area contributed by atoms with Crippen LogP contribution in [-0.4, -0.2) is 15.4 Å². The fourth-order valence-electron chi connectivity index (χ4n) is 1.04. The second kappa shape index (κ2) is 3.75. The van der Waals surface area contributed by atoms with Gasteiger partial charge in [-0.15, -0.1) is 10.2 Å². The predicted molar refractivity (Wildman–Crippen MR) is 53.2 cm³/mol. The molecule has 0 saturated carbocycles. The number of anilines is 1. The van der Waals surface area contributed by atoms with Gasteiger partial charge in [-0.05, 0) is 13.8 Å². The highest BCUT2D eigenvalue weighted by Crippen LogP contribution is 2.14. The molecule has 0 saturated heterocycles. The van der Waals surface area contributed by atoms with Gasteiger partial charge >= 0.3 is 0 Å². The van der Waals surface area contributed by atoms with Crippen LogP contribution in [0, 0.1) is 13.8 Å². The van der Waals surface area contributed by atoms with Gasteiger partial charge in [0.25, 0.3) is 0 Å². The summed E-state index contributed by atoms with van der Waals surface area (Å²) in [5.74, 6) is 0.815. The second-order valence-corrected chi connectivity index (χ2v) is 4.09. The van der Waals surface area contributed by atoms with Gasteiger partial charge in [-0.1, -0.05) is 16.5 Å². The van der Waals surface area contributed by atoms with Crippen molar-refractivity contribution in [3.05, 3.63) is 22.5 Å². The number of aromatic nitrogens is 3. The first-order valence-corrected chi connectivity index (χ1v) is 5.02. The molecule has 6 heteroatoms. The third-order valence-electron chi connectivity index (χ3n) is 1.62. The van der Waals surface area contributed by atoms with Gasteiger partial charge in [0.15, 0.2) is 0 Å². The van der Waals surface area contributed by atoms with E-state index in [0.29, 0.717) is 6.54 Å². The van der Waals surface area contributed by atoms with E-state index in [1.54, 1.807) is 0 Å². The molecule has 0 atom stereocenters. The fourth-order valence-corrected chi connectivity index (χ4v) is 1.62. The Labute approximate surface area is 85.1 Å². The largest absolute Gasteiger partial charge is 0.361 e. The van der Waals surface area contributed by atoms with Crippen molar-refractivity contribution in [2.45, 2.75) is 20.4 Å². The Hall–Kier alpha value is -1.43. The summed E-state index contributed by atoms with van der Waals surface area (Å²) in [6.07, 6.45) is 0. The summed E-state index contributed by atoms with van der Waals surface area (Å²) in [5, 5.41) is 16.6. The molecule has 0 radical (unpaired) electrons. The minimum absolute atomic E-state index is 0.617. The number of hydrogen-bond donors (Lipinski definition) is 1. The van der Waals surface area contributed by atoms with E-state index in [-0.39, 0.29) is 0 Å². The average Bonchev–Trinajstić information content (AvgIpc) is 2.72. The van der Waals surface area contributed by atoms with E-state index < -0.39 is 0 Å². The zero-order valence-corrected chi connectivity index (χ0v) is 8.76. The van der Waals surface area contributed by atoms with Crippen molar-refractivity contribution in [3.63, 3.8) is 0 Å². The lowest BCUT2D eigenvalue weighted by atomic mass is 10.4.